The van der Waals surface area contributed by atoms with Gasteiger partial charge in [-0.3, -0.25) is 9.59 Å². The van der Waals surface area contributed by atoms with Gasteiger partial charge in [-0.05, 0) is 49.3 Å². The normalized spacial score (nSPS) is 23.7. The van der Waals surface area contributed by atoms with Gasteiger partial charge in [-0.2, -0.15) is 5.26 Å². The summed E-state index contributed by atoms with van der Waals surface area (Å²) < 4.78 is 0. The topological polar surface area (TPSA) is 96.7 Å². The van der Waals surface area contributed by atoms with Crippen molar-refractivity contribution < 1.29 is 14.4 Å². The lowest BCUT2D eigenvalue weighted by Gasteiger charge is -2.40. The average molecular weight is 572 g/mol. The van der Waals surface area contributed by atoms with Gasteiger partial charge in [0.05, 0.1) is 16.9 Å². The number of carbonyl (C=O) groups is 3. The molecule has 2 aromatic carbocycles. The number of nitrogens with zero attached hydrogens (tertiary/aromatic N) is 4. The van der Waals surface area contributed by atoms with Gasteiger partial charge in [-0.25, -0.2) is 4.79 Å². The van der Waals surface area contributed by atoms with Gasteiger partial charge >= 0.3 is 6.03 Å². The molecule has 1 N–H and O–H groups in total. The lowest BCUT2D eigenvalue weighted by molar-refractivity contribution is -0.137. The molecule has 0 bridgehead atoms. The highest BCUT2D eigenvalue weighted by Gasteiger charge is 2.44. The predicted octanol–water partition coefficient (Wildman–Crippen LogP) is 5.51. The summed E-state index contributed by atoms with van der Waals surface area (Å²) in [6, 6.07) is 17.7. The van der Waals surface area contributed by atoms with E-state index in [0.717, 1.165) is 42.5 Å². The Morgan fingerprint density at radius 3 is 2.49 bits per heavy atom. The number of fused-ring (bicyclic) bond motifs is 1. The molecule has 8 nitrogen and oxygen atoms in total. The Labute approximate surface area is 246 Å². The minimum Gasteiger partial charge on any atom is -0.342 e. The number of nitriles is 1. The number of hydrogen-bond donors (Lipinski definition) is 1. The summed E-state index contributed by atoms with van der Waals surface area (Å²) >= 11 is 1.52. The molecule has 3 aliphatic heterocycles. The number of anilines is 1. The Hall–Kier alpha value is -3.51. The molecule has 0 spiro atoms. The van der Waals surface area contributed by atoms with Gasteiger partial charge in [0, 0.05) is 49.9 Å². The summed E-state index contributed by atoms with van der Waals surface area (Å²) in [5.41, 5.74) is 3.42. The van der Waals surface area contributed by atoms with Crippen LogP contribution in [0.3, 0.4) is 0 Å². The molecule has 0 radical (unpaired) electrons. The maximum absolute atomic E-state index is 13.8. The lowest BCUT2D eigenvalue weighted by Crippen LogP contribution is -2.51. The molecule has 3 heterocycles. The molecule has 2 saturated heterocycles. The van der Waals surface area contributed by atoms with E-state index < -0.39 is 5.25 Å². The molecule has 2 aromatic rings. The molecular weight excluding hydrogens is 534 g/mol. The SMILES string of the molecule is N#Cc1ccccc1C1SC(CC(=O)N2CCC(N3Cc4ccccc4NC3=O)CC2)C(=O)N1CC1CCCCC1. The van der Waals surface area contributed by atoms with Gasteiger partial charge in [-0.1, -0.05) is 55.7 Å². The van der Waals surface area contributed by atoms with Crippen molar-refractivity contribution in [3.05, 3.63) is 65.2 Å². The van der Waals surface area contributed by atoms with Crippen LogP contribution >= 0.6 is 11.8 Å². The average Bonchev–Trinajstić information content (AvgIpc) is 3.31. The predicted molar refractivity (Wildman–Crippen MR) is 159 cm³/mol. The number of thioether (sulfide) groups is 1. The first-order chi connectivity index (χ1) is 20.0. The second-order valence-electron chi connectivity index (χ2n) is 11.7. The standard InChI is InChI=1S/C32H37N5O3S/c33-19-23-10-4-6-12-26(23)31-37(20-22-8-2-1-3-9-22)30(39)28(41-31)18-29(38)35-16-14-25(15-17-35)36-21-24-11-5-7-13-27(24)34-32(36)40/h4-7,10-13,22,25,28,31H,1-3,8-9,14-18,20-21H2,(H,34,40). The fourth-order valence-corrected chi connectivity index (χ4v) is 8.34. The molecule has 41 heavy (non-hydrogen) atoms. The van der Waals surface area contributed by atoms with Crippen LogP contribution in [0.25, 0.3) is 0 Å². The van der Waals surface area contributed by atoms with Crippen LogP contribution in [0.5, 0.6) is 0 Å². The molecule has 1 saturated carbocycles. The number of urea groups is 1. The summed E-state index contributed by atoms with van der Waals surface area (Å²) in [7, 11) is 0. The Bertz CT molecular complexity index is 1340. The van der Waals surface area contributed by atoms with Crippen LogP contribution in [0.15, 0.2) is 48.5 Å². The number of carbonyl (C=O) groups excluding carboxylic acids is 3. The maximum atomic E-state index is 13.8. The number of likely N-dealkylation sites (tertiary alicyclic amines) is 1. The smallest absolute Gasteiger partial charge is 0.322 e. The van der Waals surface area contributed by atoms with Crippen LogP contribution in [0.2, 0.25) is 0 Å². The number of nitrogens with one attached hydrogen (secondary N) is 1. The van der Waals surface area contributed by atoms with Gasteiger partial charge in [0.1, 0.15) is 5.37 Å². The third-order valence-electron chi connectivity index (χ3n) is 9.14. The third kappa shape index (κ3) is 5.80. The van der Waals surface area contributed by atoms with Crippen LogP contribution in [-0.4, -0.2) is 63.5 Å². The van der Waals surface area contributed by atoms with Gasteiger partial charge in [0.25, 0.3) is 0 Å². The summed E-state index contributed by atoms with van der Waals surface area (Å²) in [6.45, 7) is 2.42. The summed E-state index contributed by atoms with van der Waals surface area (Å²) in [5.74, 6) is 0.484. The molecule has 2 atom stereocenters. The van der Waals surface area contributed by atoms with Crippen molar-refractivity contribution in [2.45, 2.75) is 74.6 Å². The van der Waals surface area contributed by atoms with E-state index in [-0.39, 0.29) is 35.7 Å². The van der Waals surface area contributed by atoms with Crippen molar-refractivity contribution in [3.63, 3.8) is 0 Å². The third-order valence-corrected chi connectivity index (χ3v) is 10.6. The first-order valence-electron chi connectivity index (χ1n) is 14.9. The van der Waals surface area contributed by atoms with Crippen molar-refractivity contribution in [1.29, 1.82) is 5.26 Å². The fourth-order valence-electron chi connectivity index (χ4n) is 6.84. The Morgan fingerprint density at radius 1 is 0.976 bits per heavy atom. The number of piperidine rings is 1. The highest BCUT2D eigenvalue weighted by molar-refractivity contribution is 8.01. The van der Waals surface area contributed by atoms with Gasteiger partial charge in [-0.15, -0.1) is 11.8 Å². The minimum atomic E-state index is -0.454. The van der Waals surface area contributed by atoms with E-state index in [4.69, 9.17) is 0 Å². The van der Waals surface area contributed by atoms with Crippen molar-refractivity contribution in [3.8, 4) is 6.07 Å². The Balaban J connectivity index is 1.10. The van der Waals surface area contributed by atoms with Crippen LogP contribution in [-0.2, 0) is 16.1 Å². The quantitative estimate of drug-likeness (QED) is 0.493. The highest BCUT2D eigenvalue weighted by Crippen LogP contribution is 2.46. The number of benzene rings is 2. The highest BCUT2D eigenvalue weighted by atomic mass is 32.2. The second-order valence-corrected chi connectivity index (χ2v) is 13.0. The molecular formula is C32H37N5O3S. The van der Waals surface area contributed by atoms with Crippen molar-refractivity contribution >= 4 is 35.3 Å². The number of rotatable bonds is 6. The van der Waals surface area contributed by atoms with E-state index in [1.807, 2.05) is 63.2 Å². The lowest BCUT2D eigenvalue weighted by atomic mass is 9.88. The van der Waals surface area contributed by atoms with Crippen LogP contribution < -0.4 is 5.32 Å². The first-order valence-corrected chi connectivity index (χ1v) is 15.8. The molecule has 6 rings (SSSR count). The molecule has 4 amide bonds. The van der Waals surface area contributed by atoms with Gasteiger partial charge in [0.2, 0.25) is 11.8 Å². The molecule has 9 heteroatoms. The van der Waals surface area contributed by atoms with E-state index in [1.165, 1.54) is 31.0 Å². The zero-order valence-electron chi connectivity index (χ0n) is 23.3. The Kier molecular flexibility index (Phi) is 8.20. The van der Waals surface area contributed by atoms with E-state index in [0.29, 0.717) is 37.7 Å². The number of hydrogen-bond acceptors (Lipinski definition) is 5. The minimum absolute atomic E-state index is 0.00502. The molecule has 4 aliphatic rings. The maximum Gasteiger partial charge on any atom is 0.322 e. The van der Waals surface area contributed by atoms with Crippen LogP contribution in [0.1, 0.15) is 73.4 Å². The van der Waals surface area contributed by atoms with Crippen LogP contribution in [0, 0.1) is 17.2 Å². The van der Waals surface area contributed by atoms with Crippen molar-refractivity contribution in [2.75, 3.05) is 25.0 Å². The summed E-state index contributed by atoms with van der Waals surface area (Å²) in [4.78, 5) is 45.7. The van der Waals surface area contributed by atoms with Crippen LogP contribution in [0.4, 0.5) is 10.5 Å². The zero-order valence-corrected chi connectivity index (χ0v) is 24.2. The van der Waals surface area contributed by atoms with Crippen molar-refractivity contribution in [1.82, 2.24) is 14.7 Å². The second kappa shape index (κ2) is 12.2. The summed E-state index contributed by atoms with van der Waals surface area (Å²) in [5, 5.41) is 12.1. The first kappa shape index (κ1) is 27.6. The van der Waals surface area contributed by atoms with Crippen molar-refractivity contribution in [2.24, 2.45) is 5.92 Å². The molecule has 1 aliphatic carbocycles. The molecule has 3 fully saturated rings. The molecule has 214 valence electrons. The largest absolute Gasteiger partial charge is 0.342 e. The molecule has 2 unspecified atom stereocenters. The number of para-hydroxylation sites is 1. The molecule has 0 aromatic heterocycles. The summed E-state index contributed by atoms with van der Waals surface area (Å²) in [6.07, 6.45) is 7.51. The van der Waals surface area contributed by atoms with E-state index in [1.54, 1.807) is 0 Å². The fraction of sp³-hybridized carbons (Fsp3) is 0.500. The monoisotopic (exact) mass is 571 g/mol. The zero-order chi connectivity index (χ0) is 28.3. The van der Waals surface area contributed by atoms with Gasteiger partial charge < -0.3 is 20.0 Å². The Morgan fingerprint density at radius 2 is 1.71 bits per heavy atom. The van der Waals surface area contributed by atoms with E-state index >= 15 is 0 Å². The van der Waals surface area contributed by atoms with Gasteiger partial charge in [0.15, 0.2) is 0 Å². The van der Waals surface area contributed by atoms with E-state index in [9.17, 15) is 19.6 Å². The van der Waals surface area contributed by atoms with E-state index in [2.05, 4.69) is 11.4 Å². The number of amides is 4.